The highest BCUT2D eigenvalue weighted by molar-refractivity contribution is 5.79. The van der Waals surface area contributed by atoms with Gasteiger partial charge in [0, 0.05) is 32.3 Å². The molecule has 1 aromatic carbocycles. The SMILES string of the molecule is CC1CCCN1CCc1ccc(C2CCCC3CN(C(=O)C4CCOC4)CC32)cc1. The Bertz CT molecular complexity index is 727. The van der Waals surface area contributed by atoms with Gasteiger partial charge in [0.1, 0.15) is 0 Å². The smallest absolute Gasteiger partial charge is 0.228 e. The van der Waals surface area contributed by atoms with Gasteiger partial charge in [0.25, 0.3) is 0 Å². The van der Waals surface area contributed by atoms with Gasteiger partial charge in [0.2, 0.25) is 5.91 Å². The van der Waals surface area contributed by atoms with Crippen molar-refractivity contribution in [2.75, 3.05) is 39.4 Å². The summed E-state index contributed by atoms with van der Waals surface area (Å²) < 4.78 is 5.47. The van der Waals surface area contributed by atoms with Gasteiger partial charge in [0.05, 0.1) is 12.5 Å². The summed E-state index contributed by atoms with van der Waals surface area (Å²) in [6, 6.07) is 10.3. The Balaban J connectivity index is 1.21. The third-order valence-corrected chi connectivity index (χ3v) is 8.48. The molecule has 0 bridgehead atoms. The van der Waals surface area contributed by atoms with Gasteiger partial charge in [-0.15, -0.1) is 0 Å². The average Bonchev–Trinajstić information content (AvgIpc) is 3.52. The highest BCUT2D eigenvalue weighted by Gasteiger charge is 2.43. The lowest BCUT2D eigenvalue weighted by atomic mass is 9.71. The van der Waals surface area contributed by atoms with Crippen LogP contribution in [-0.4, -0.2) is 61.1 Å². The van der Waals surface area contributed by atoms with Crippen molar-refractivity contribution in [1.82, 2.24) is 9.80 Å². The van der Waals surface area contributed by atoms with E-state index in [1.165, 1.54) is 56.3 Å². The maximum Gasteiger partial charge on any atom is 0.228 e. The summed E-state index contributed by atoms with van der Waals surface area (Å²) >= 11 is 0. The first-order valence-corrected chi connectivity index (χ1v) is 12.4. The fourth-order valence-corrected chi connectivity index (χ4v) is 6.58. The molecule has 4 aliphatic rings. The fourth-order valence-electron chi connectivity index (χ4n) is 6.58. The van der Waals surface area contributed by atoms with Crippen molar-refractivity contribution in [2.45, 2.75) is 63.8 Å². The lowest BCUT2D eigenvalue weighted by Crippen LogP contribution is -2.35. The summed E-state index contributed by atoms with van der Waals surface area (Å²) in [7, 11) is 0. The number of likely N-dealkylation sites (tertiary alicyclic amines) is 2. The van der Waals surface area contributed by atoms with E-state index < -0.39 is 0 Å². The van der Waals surface area contributed by atoms with E-state index in [2.05, 4.69) is 41.0 Å². The zero-order chi connectivity index (χ0) is 20.5. The molecule has 5 unspecified atom stereocenters. The zero-order valence-electron chi connectivity index (χ0n) is 18.6. The van der Waals surface area contributed by atoms with Crippen LogP contribution in [0.5, 0.6) is 0 Å². The second-order valence-electron chi connectivity index (χ2n) is 10.3. The first-order valence-electron chi connectivity index (χ1n) is 12.4. The lowest BCUT2D eigenvalue weighted by Gasteiger charge is -2.33. The van der Waals surface area contributed by atoms with Crippen LogP contribution in [0.4, 0.5) is 0 Å². The van der Waals surface area contributed by atoms with Gasteiger partial charge in [-0.25, -0.2) is 0 Å². The third kappa shape index (κ3) is 4.18. The highest BCUT2D eigenvalue weighted by atomic mass is 16.5. The molecule has 1 amide bonds. The molecule has 0 radical (unpaired) electrons. The largest absolute Gasteiger partial charge is 0.381 e. The molecule has 0 N–H and O–H groups in total. The van der Waals surface area contributed by atoms with Gasteiger partial charge in [0.15, 0.2) is 0 Å². The number of carbonyl (C=O) groups excluding carboxylic acids is 1. The Morgan fingerprint density at radius 2 is 1.93 bits per heavy atom. The molecule has 1 saturated carbocycles. The van der Waals surface area contributed by atoms with Crippen LogP contribution in [0, 0.1) is 17.8 Å². The van der Waals surface area contributed by atoms with Crippen molar-refractivity contribution in [2.24, 2.45) is 17.8 Å². The lowest BCUT2D eigenvalue weighted by molar-refractivity contribution is -0.134. The minimum absolute atomic E-state index is 0.112. The summed E-state index contributed by atoms with van der Waals surface area (Å²) in [5, 5.41) is 0. The van der Waals surface area contributed by atoms with Gasteiger partial charge in [-0.1, -0.05) is 30.7 Å². The van der Waals surface area contributed by atoms with Gasteiger partial charge >= 0.3 is 0 Å². The molecule has 1 aliphatic carbocycles. The van der Waals surface area contributed by atoms with E-state index in [1.54, 1.807) is 0 Å². The minimum Gasteiger partial charge on any atom is -0.381 e. The second-order valence-corrected chi connectivity index (χ2v) is 10.3. The predicted octanol–water partition coefficient (Wildman–Crippen LogP) is 4.09. The van der Waals surface area contributed by atoms with E-state index in [-0.39, 0.29) is 5.92 Å². The van der Waals surface area contributed by atoms with Gasteiger partial charge < -0.3 is 14.5 Å². The molecule has 0 spiro atoms. The van der Waals surface area contributed by atoms with Crippen molar-refractivity contribution in [3.63, 3.8) is 0 Å². The number of amides is 1. The average molecular weight is 411 g/mol. The standard InChI is InChI=1S/C26H38N2O2/c1-19-4-3-13-27(19)14-11-20-7-9-21(10-8-20)24-6-2-5-22-16-28(17-25(22)24)26(29)23-12-15-30-18-23/h7-10,19,22-25H,2-6,11-18H2,1H3. The normalized spacial score (nSPS) is 34.4. The number of ether oxygens (including phenoxy) is 1. The number of nitrogens with zero attached hydrogens (tertiary/aromatic N) is 2. The van der Waals surface area contributed by atoms with Gasteiger partial charge in [-0.3, -0.25) is 4.79 Å². The highest BCUT2D eigenvalue weighted by Crippen LogP contribution is 2.45. The molecule has 4 fully saturated rings. The van der Waals surface area contributed by atoms with Gasteiger partial charge in [-0.05, 0) is 80.9 Å². The second kappa shape index (κ2) is 9.00. The Hall–Kier alpha value is -1.39. The predicted molar refractivity (Wildman–Crippen MR) is 119 cm³/mol. The molecule has 164 valence electrons. The Morgan fingerprint density at radius 1 is 1.07 bits per heavy atom. The number of rotatable bonds is 5. The van der Waals surface area contributed by atoms with Crippen LogP contribution in [0.1, 0.15) is 62.5 Å². The molecular formula is C26H38N2O2. The molecule has 4 heteroatoms. The van der Waals surface area contributed by atoms with E-state index in [0.29, 0.717) is 30.3 Å². The van der Waals surface area contributed by atoms with Crippen LogP contribution in [0.15, 0.2) is 24.3 Å². The van der Waals surface area contributed by atoms with Gasteiger partial charge in [-0.2, -0.15) is 0 Å². The molecule has 3 aliphatic heterocycles. The van der Waals surface area contributed by atoms with Crippen molar-refractivity contribution >= 4 is 5.91 Å². The first-order chi connectivity index (χ1) is 14.7. The maximum atomic E-state index is 12.9. The molecule has 3 saturated heterocycles. The minimum atomic E-state index is 0.112. The summed E-state index contributed by atoms with van der Waals surface area (Å²) in [6.07, 6.45) is 8.65. The van der Waals surface area contributed by atoms with E-state index >= 15 is 0 Å². The molecule has 1 aromatic rings. The molecule has 30 heavy (non-hydrogen) atoms. The topological polar surface area (TPSA) is 32.8 Å². The number of fused-ring (bicyclic) bond motifs is 1. The fraction of sp³-hybridized carbons (Fsp3) is 0.731. The van der Waals surface area contributed by atoms with E-state index in [1.807, 2.05) is 0 Å². The number of hydrogen-bond acceptors (Lipinski definition) is 3. The monoisotopic (exact) mass is 410 g/mol. The van der Waals surface area contributed by atoms with Crippen LogP contribution in [0.2, 0.25) is 0 Å². The van der Waals surface area contributed by atoms with Crippen LogP contribution >= 0.6 is 0 Å². The molecule has 5 atom stereocenters. The summed E-state index contributed by atoms with van der Waals surface area (Å²) in [5.41, 5.74) is 2.97. The number of carbonyl (C=O) groups is 1. The van der Waals surface area contributed by atoms with Crippen molar-refractivity contribution in [1.29, 1.82) is 0 Å². The molecule has 3 heterocycles. The van der Waals surface area contributed by atoms with Crippen LogP contribution in [-0.2, 0) is 16.0 Å². The molecular weight excluding hydrogens is 372 g/mol. The number of benzene rings is 1. The van der Waals surface area contributed by atoms with Crippen LogP contribution in [0.3, 0.4) is 0 Å². The third-order valence-electron chi connectivity index (χ3n) is 8.48. The van der Waals surface area contributed by atoms with Crippen molar-refractivity contribution < 1.29 is 9.53 Å². The van der Waals surface area contributed by atoms with E-state index in [0.717, 1.165) is 38.6 Å². The quantitative estimate of drug-likeness (QED) is 0.733. The number of hydrogen-bond donors (Lipinski definition) is 0. The Morgan fingerprint density at radius 3 is 2.67 bits per heavy atom. The maximum absolute atomic E-state index is 12.9. The summed E-state index contributed by atoms with van der Waals surface area (Å²) in [6.45, 7) is 8.14. The Kier molecular flexibility index (Phi) is 6.15. The van der Waals surface area contributed by atoms with Crippen molar-refractivity contribution in [3.8, 4) is 0 Å². The van der Waals surface area contributed by atoms with Crippen LogP contribution in [0.25, 0.3) is 0 Å². The van der Waals surface area contributed by atoms with Crippen molar-refractivity contribution in [3.05, 3.63) is 35.4 Å². The molecule has 4 nitrogen and oxygen atoms in total. The first kappa shape index (κ1) is 20.5. The molecule has 0 aromatic heterocycles. The van der Waals surface area contributed by atoms with E-state index in [9.17, 15) is 4.79 Å². The zero-order valence-corrected chi connectivity index (χ0v) is 18.6. The summed E-state index contributed by atoms with van der Waals surface area (Å²) in [4.78, 5) is 17.7. The van der Waals surface area contributed by atoms with E-state index in [4.69, 9.17) is 4.74 Å². The molecule has 5 rings (SSSR count). The van der Waals surface area contributed by atoms with Crippen LogP contribution < -0.4 is 0 Å². The Labute approximate surface area is 182 Å². The summed E-state index contributed by atoms with van der Waals surface area (Å²) in [5.74, 6) is 2.41.